The molecule has 1 aromatic carbocycles. The Morgan fingerprint density at radius 2 is 1.90 bits per heavy atom. The molecule has 1 aromatic heterocycles. The first-order valence-electron chi connectivity index (χ1n) is 5.50. The van der Waals surface area contributed by atoms with Crippen LogP contribution in [0.25, 0.3) is 0 Å². The van der Waals surface area contributed by atoms with Gasteiger partial charge in [-0.25, -0.2) is 24.2 Å². The first-order valence-corrected chi connectivity index (χ1v) is 7.77. The van der Waals surface area contributed by atoms with E-state index in [4.69, 9.17) is 5.84 Å². The number of anilines is 2. The van der Waals surface area contributed by atoms with Crippen molar-refractivity contribution in [1.82, 2.24) is 9.97 Å². The van der Waals surface area contributed by atoms with Gasteiger partial charge in [0, 0.05) is 10.2 Å². The van der Waals surface area contributed by atoms with E-state index < -0.39 is 10.0 Å². The maximum Gasteiger partial charge on any atom is 0.264 e. The SMILES string of the molecule is Cc1cc(NS(=O)(=O)c2cnc(NN)nc2)ccc1Br. The lowest BCUT2D eigenvalue weighted by Crippen LogP contribution is -2.15. The van der Waals surface area contributed by atoms with Gasteiger partial charge in [0.1, 0.15) is 4.90 Å². The molecule has 0 aliphatic rings. The smallest absolute Gasteiger partial charge is 0.264 e. The molecule has 0 bridgehead atoms. The van der Waals surface area contributed by atoms with Gasteiger partial charge in [0.15, 0.2) is 0 Å². The van der Waals surface area contributed by atoms with Crippen LogP contribution in [0.3, 0.4) is 0 Å². The molecule has 0 aliphatic heterocycles. The number of benzene rings is 1. The number of sulfonamides is 1. The lowest BCUT2D eigenvalue weighted by Gasteiger charge is -2.09. The Bertz CT molecular complexity index is 718. The van der Waals surface area contributed by atoms with Gasteiger partial charge in [-0.3, -0.25) is 10.1 Å². The molecule has 0 unspecified atom stereocenters. The number of nitrogen functional groups attached to an aromatic ring is 1. The van der Waals surface area contributed by atoms with E-state index in [1.165, 1.54) is 12.4 Å². The van der Waals surface area contributed by atoms with Crippen LogP contribution in [0.2, 0.25) is 0 Å². The standard InChI is InChI=1S/C11H12BrN5O2S/c1-7-4-8(2-3-10(7)12)17-20(18,19)9-5-14-11(16-13)15-6-9/h2-6,17H,13H2,1H3,(H,14,15,16). The number of nitrogens with one attached hydrogen (secondary N) is 2. The Balaban J connectivity index is 2.27. The van der Waals surface area contributed by atoms with Gasteiger partial charge in [0.05, 0.1) is 12.4 Å². The summed E-state index contributed by atoms with van der Waals surface area (Å²) in [7, 11) is -3.73. The van der Waals surface area contributed by atoms with E-state index in [1.807, 2.05) is 6.92 Å². The number of nitrogens with two attached hydrogens (primary N) is 1. The largest absolute Gasteiger partial charge is 0.292 e. The Kier molecular flexibility index (Phi) is 4.21. The van der Waals surface area contributed by atoms with Gasteiger partial charge in [-0.1, -0.05) is 15.9 Å². The van der Waals surface area contributed by atoms with Crippen LogP contribution in [-0.4, -0.2) is 18.4 Å². The maximum atomic E-state index is 12.1. The lowest BCUT2D eigenvalue weighted by atomic mass is 10.2. The number of rotatable bonds is 4. The van der Waals surface area contributed by atoms with Crippen molar-refractivity contribution < 1.29 is 8.42 Å². The molecule has 0 saturated heterocycles. The Morgan fingerprint density at radius 3 is 2.45 bits per heavy atom. The van der Waals surface area contributed by atoms with Gasteiger partial charge in [-0.05, 0) is 30.7 Å². The highest BCUT2D eigenvalue weighted by Gasteiger charge is 2.15. The molecule has 0 spiro atoms. The molecule has 0 saturated carbocycles. The quantitative estimate of drug-likeness (QED) is 0.566. The molecule has 106 valence electrons. The molecule has 1 heterocycles. The average Bonchev–Trinajstić information content (AvgIpc) is 2.43. The maximum absolute atomic E-state index is 12.1. The molecule has 0 radical (unpaired) electrons. The molecule has 0 amide bonds. The summed E-state index contributed by atoms with van der Waals surface area (Å²) in [4.78, 5) is 7.48. The van der Waals surface area contributed by atoms with E-state index in [1.54, 1.807) is 18.2 Å². The monoisotopic (exact) mass is 357 g/mol. The third kappa shape index (κ3) is 3.24. The van der Waals surface area contributed by atoms with Gasteiger partial charge in [0.25, 0.3) is 10.0 Å². The zero-order valence-corrected chi connectivity index (χ0v) is 12.9. The zero-order chi connectivity index (χ0) is 14.8. The van der Waals surface area contributed by atoms with Crippen LogP contribution in [0.4, 0.5) is 11.6 Å². The molecule has 0 fully saturated rings. The van der Waals surface area contributed by atoms with Crippen molar-refractivity contribution in [2.45, 2.75) is 11.8 Å². The van der Waals surface area contributed by atoms with Gasteiger partial charge >= 0.3 is 0 Å². The van der Waals surface area contributed by atoms with Crippen molar-refractivity contribution in [2.24, 2.45) is 5.84 Å². The number of halogens is 1. The number of hydrogen-bond acceptors (Lipinski definition) is 6. The molecule has 2 rings (SSSR count). The minimum atomic E-state index is -3.73. The molecule has 0 aliphatic carbocycles. The molecule has 0 atom stereocenters. The summed E-state index contributed by atoms with van der Waals surface area (Å²) in [5.74, 6) is 5.26. The molecule has 2 aromatic rings. The summed E-state index contributed by atoms with van der Waals surface area (Å²) in [6.07, 6.45) is 2.35. The first-order chi connectivity index (χ1) is 9.42. The highest BCUT2D eigenvalue weighted by molar-refractivity contribution is 9.10. The molecule has 4 N–H and O–H groups in total. The molecule has 20 heavy (non-hydrogen) atoms. The highest BCUT2D eigenvalue weighted by Crippen LogP contribution is 2.22. The van der Waals surface area contributed by atoms with Gasteiger partial charge < -0.3 is 0 Å². The minimum absolute atomic E-state index is 0.0444. The van der Waals surface area contributed by atoms with Crippen molar-refractivity contribution >= 4 is 37.6 Å². The number of aromatic nitrogens is 2. The van der Waals surface area contributed by atoms with Crippen LogP contribution in [0.5, 0.6) is 0 Å². The topological polar surface area (TPSA) is 110 Å². The summed E-state index contributed by atoms with van der Waals surface area (Å²) in [5, 5.41) is 0. The predicted octanol–water partition coefficient (Wildman–Crippen LogP) is 1.63. The average molecular weight is 358 g/mol. The fourth-order valence-electron chi connectivity index (χ4n) is 1.45. The van der Waals surface area contributed by atoms with Gasteiger partial charge in [0.2, 0.25) is 5.95 Å². The predicted molar refractivity (Wildman–Crippen MR) is 79.5 cm³/mol. The van der Waals surface area contributed by atoms with E-state index in [2.05, 4.69) is 36.0 Å². The molecular weight excluding hydrogens is 346 g/mol. The van der Waals surface area contributed by atoms with Crippen LogP contribution in [0.15, 0.2) is 40.0 Å². The summed E-state index contributed by atoms with van der Waals surface area (Å²) >= 11 is 3.35. The van der Waals surface area contributed by atoms with E-state index >= 15 is 0 Å². The lowest BCUT2D eigenvalue weighted by molar-refractivity contribution is 0.600. The van der Waals surface area contributed by atoms with Crippen molar-refractivity contribution in [1.29, 1.82) is 0 Å². The van der Waals surface area contributed by atoms with Crippen LogP contribution in [-0.2, 0) is 10.0 Å². The van der Waals surface area contributed by atoms with Crippen molar-refractivity contribution in [3.05, 3.63) is 40.6 Å². The van der Waals surface area contributed by atoms with Crippen molar-refractivity contribution in [2.75, 3.05) is 10.1 Å². The first kappa shape index (κ1) is 14.7. The summed E-state index contributed by atoms with van der Waals surface area (Å²) in [6, 6.07) is 5.15. The summed E-state index contributed by atoms with van der Waals surface area (Å²) in [6.45, 7) is 1.87. The molecule has 7 nitrogen and oxygen atoms in total. The second kappa shape index (κ2) is 5.73. The Labute approximate surface area is 124 Å². The van der Waals surface area contributed by atoms with Crippen molar-refractivity contribution in [3.8, 4) is 0 Å². The third-order valence-corrected chi connectivity index (χ3v) is 4.70. The number of nitrogens with zero attached hydrogens (tertiary/aromatic N) is 2. The van der Waals surface area contributed by atoms with Crippen molar-refractivity contribution in [3.63, 3.8) is 0 Å². The van der Waals surface area contributed by atoms with E-state index in [0.29, 0.717) is 5.69 Å². The highest BCUT2D eigenvalue weighted by atomic mass is 79.9. The summed E-state index contributed by atoms with van der Waals surface area (Å²) in [5.41, 5.74) is 3.61. The molecule has 9 heteroatoms. The number of hydrazine groups is 1. The van der Waals surface area contributed by atoms with Crippen LogP contribution >= 0.6 is 15.9 Å². The zero-order valence-electron chi connectivity index (χ0n) is 10.5. The van der Waals surface area contributed by atoms with E-state index in [-0.39, 0.29) is 10.8 Å². The fourth-order valence-corrected chi connectivity index (χ4v) is 2.64. The second-order valence-electron chi connectivity index (χ2n) is 3.96. The Morgan fingerprint density at radius 1 is 1.25 bits per heavy atom. The summed E-state index contributed by atoms with van der Waals surface area (Å²) < 4.78 is 27.7. The number of hydrogen-bond donors (Lipinski definition) is 3. The fraction of sp³-hybridized carbons (Fsp3) is 0.0909. The normalized spacial score (nSPS) is 11.2. The van der Waals surface area contributed by atoms with Gasteiger partial charge in [-0.15, -0.1) is 0 Å². The third-order valence-electron chi connectivity index (χ3n) is 2.48. The van der Waals surface area contributed by atoms with Crippen LogP contribution < -0.4 is 16.0 Å². The number of aryl methyl sites for hydroxylation is 1. The molecular formula is C11H12BrN5O2S. The minimum Gasteiger partial charge on any atom is -0.292 e. The van der Waals surface area contributed by atoms with E-state index in [0.717, 1.165) is 10.0 Å². The van der Waals surface area contributed by atoms with Crippen LogP contribution in [0, 0.1) is 6.92 Å². The Hall–Kier alpha value is -1.71. The van der Waals surface area contributed by atoms with Crippen LogP contribution in [0.1, 0.15) is 5.56 Å². The van der Waals surface area contributed by atoms with Gasteiger partial charge in [-0.2, -0.15) is 0 Å². The van der Waals surface area contributed by atoms with E-state index in [9.17, 15) is 8.42 Å². The second-order valence-corrected chi connectivity index (χ2v) is 6.49.